The molecular weight excluding hydrogens is 390 g/mol. The number of para-hydroxylation sites is 1. The van der Waals surface area contributed by atoms with Gasteiger partial charge in [-0.15, -0.1) is 11.3 Å². The van der Waals surface area contributed by atoms with Gasteiger partial charge >= 0.3 is 5.97 Å². The van der Waals surface area contributed by atoms with Gasteiger partial charge in [0, 0.05) is 18.8 Å². The van der Waals surface area contributed by atoms with Gasteiger partial charge in [-0.25, -0.2) is 4.79 Å². The molecule has 154 valence electrons. The standard InChI is InChI=1S/C21H25N3O4S/c1-5-28-21(27)17-13(3)18(19(26)22-4)29-20(17)23-16(25)11-24-12(2)10-14-8-6-7-9-15(14)24/h6-9,12H,5,10-11H2,1-4H3,(H,22,26)(H,23,25). The lowest BCUT2D eigenvalue weighted by Gasteiger charge is -2.24. The van der Waals surface area contributed by atoms with Crippen molar-refractivity contribution in [3.8, 4) is 0 Å². The molecule has 0 aliphatic carbocycles. The molecule has 1 unspecified atom stereocenters. The van der Waals surface area contributed by atoms with Crippen molar-refractivity contribution in [1.82, 2.24) is 5.32 Å². The van der Waals surface area contributed by atoms with Crippen LogP contribution in [0.2, 0.25) is 0 Å². The molecule has 2 N–H and O–H groups in total. The van der Waals surface area contributed by atoms with Crippen LogP contribution in [-0.4, -0.2) is 44.0 Å². The Labute approximate surface area is 174 Å². The highest BCUT2D eigenvalue weighted by atomic mass is 32.1. The second-order valence-electron chi connectivity index (χ2n) is 6.92. The third-order valence-electron chi connectivity index (χ3n) is 4.97. The third-order valence-corrected chi connectivity index (χ3v) is 6.18. The van der Waals surface area contributed by atoms with Crippen LogP contribution in [0.25, 0.3) is 0 Å². The number of anilines is 2. The van der Waals surface area contributed by atoms with E-state index in [1.165, 1.54) is 12.6 Å². The van der Waals surface area contributed by atoms with Crippen molar-refractivity contribution < 1.29 is 19.1 Å². The summed E-state index contributed by atoms with van der Waals surface area (Å²) in [5.41, 5.74) is 3.00. The van der Waals surface area contributed by atoms with E-state index in [0.717, 1.165) is 23.4 Å². The second-order valence-corrected chi connectivity index (χ2v) is 7.94. The van der Waals surface area contributed by atoms with Crippen molar-refractivity contribution in [1.29, 1.82) is 0 Å². The van der Waals surface area contributed by atoms with E-state index in [1.54, 1.807) is 13.8 Å². The summed E-state index contributed by atoms with van der Waals surface area (Å²) in [6, 6.07) is 8.24. The molecule has 1 aliphatic rings. The molecule has 1 atom stereocenters. The van der Waals surface area contributed by atoms with Gasteiger partial charge in [0.25, 0.3) is 5.91 Å². The molecule has 1 aromatic heterocycles. The molecule has 2 aromatic rings. The molecule has 0 bridgehead atoms. The van der Waals surface area contributed by atoms with Crippen molar-refractivity contribution in [2.75, 3.05) is 30.4 Å². The number of fused-ring (bicyclic) bond motifs is 1. The van der Waals surface area contributed by atoms with Gasteiger partial charge in [0.15, 0.2) is 0 Å². The fourth-order valence-corrected chi connectivity index (χ4v) is 4.73. The number of hydrogen-bond donors (Lipinski definition) is 2. The Kier molecular flexibility index (Phi) is 6.22. The van der Waals surface area contributed by atoms with Gasteiger partial charge < -0.3 is 20.3 Å². The molecule has 2 amide bonds. The normalized spacial score (nSPS) is 15.0. The number of nitrogens with zero attached hydrogens (tertiary/aromatic N) is 1. The SMILES string of the molecule is CCOC(=O)c1c(NC(=O)CN2c3ccccc3CC2C)sc(C(=O)NC)c1C. The van der Waals surface area contributed by atoms with Crippen LogP contribution in [0.1, 0.15) is 45.0 Å². The van der Waals surface area contributed by atoms with Crippen LogP contribution >= 0.6 is 11.3 Å². The number of carbonyl (C=O) groups is 3. The van der Waals surface area contributed by atoms with Gasteiger partial charge in [-0.2, -0.15) is 0 Å². The maximum absolute atomic E-state index is 12.8. The zero-order valence-electron chi connectivity index (χ0n) is 17.0. The Morgan fingerprint density at radius 1 is 1.28 bits per heavy atom. The van der Waals surface area contributed by atoms with Crippen molar-refractivity contribution in [3.63, 3.8) is 0 Å². The van der Waals surface area contributed by atoms with E-state index >= 15 is 0 Å². The van der Waals surface area contributed by atoms with Crippen LogP contribution in [-0.2, 0) is 16.0 Å². The van der Waals surface area contributed by atoms with Gasteiger partial charge in [0.2, 0.25) is 5.91 Å². The average molecular weight is 416 g/mol. The quantitative estimate of drug-likeness (QED) is 0.708. The van der Waals surface area contributed by atoms with Crippen molar-refractivity contribution in [3.05, 3.63) is 45.8 Å². The molecule has 0 spiro atoms. The van der Waals surface area contributed by atoms with E-state index in [0.29, 0.717) is 15.4 Å². The van der Waals surface area contributed by atoms with E-state index in [1.807, 2.05) is 18.2 Å². The first-order valence-electron chi connectivity index (χ1n) is 9.54. The lowest BCUT2D eigenvalue weighted by atomic mass is 10.1. The summed E-state index contributed by atoms with van der Waals surface area (Å²) in [7, 11) is 1.52. The summed E-state index contributed by atoms with van der Waals surface area (Å²) in [5, 5.41) is 5.72. The van der Waals surface area contributed by atoms with E-state index in [9.17, 15) is 14.4 Å². The van der Waals surface area contributed by atoms with Crippen LogP contribution in [0.15, 0.2) is 24.3 Å². The van der Waals surface area contributed by atoms with Crippen molar-refractivity contribution >= 4 is 39.8 Å². The summed E-state index contributed by atoms with van der Waals surface area (Å²) in [4.78, 5) is 39.8. The Morgan fingerprint density at radius 2 is 2.00 bits per heavy atom. The van der Waals surface area contributed by atoms with Crippen LogP contribution < -0.4 is 15.5 Å². The van der Waals surface area contributed by atoms with E-state index in [-0.39, 0.29) is 36.6 Å². The van der Waals surface area contributed by atoms with Crippen LogP contribution in [0.4, 0.5) is 10.7 Å². The molecule has 3 rings (SSSR count). The summed E-state index contributed by atoms with van der Waals surface area (Å²) in [6.45, 7) is 5.84. The predicted octanol–water partition coefficient (Wildman–Crippen LogP) is 2.98. The first-order valence-corrected chi connectivity index (χ1v) is 10.4. The first-order chi connectivity index (χ1) is 13.9. The molecule has 29 heavy (non-hydrogen) atoms. The Hall–Kier alpha value is -2.87. The van der Waals surface area contributed by atoms with Crippen LogP contribution in [0.5, 0.6) is 0 Å². The molecule has 8 heteroatoms. The molecular formula is C21H25N3O4S. The van der Waals surface area contributed by atoms with Crippen molar-refractivity contribution in [2.45, 2.75) is 33.2 Å². The molecule has 0 saturated carbocycles. The lowest BCUT2D eigenvalue weighted by Crippen LogP contribution is -2.37. The maximum Gasteiger partial charge on any atom is 0.341 e. The fourth-order valence-electron chi connectivity index (χ4n) is 3.57. The average Bonchev–Trinajstić information content (AvgIpc) is 3.18. The first kappa shape index (κ1) is 20.9. The number of ether oxygens (including phenoxy) is 1. The number of hydrogen-bond acceptors (Lipinski definition) is 6. The highest BCUT2D eigenvalue weighted by Crippen LogP contribution is 2.35. The minimum atomic E-state index is -0.549. The zero-order valence-corrected chi connectivity index (χ0v) is 17.8. The number of nitrogens with one attached hydrogen (secondary N) is 2. The van der Waals surface area contributed by atoms with Crippen LogP contribution in [0.3, 0.4) is 0 Å². The minimum Gasteiger partial charge on any atom is -0.462 e. The molecule has 0 radical (unpaired) electrons. The summed E-state index contributed by atoms with van der Waals surface area (Å²) >= 11 is 1.08. The zero-order chi connectivity index (χ0) is 21.1. The largest absolute Gasteiger partial charge is 0.462 e. The molecule has 0 saturated heterocycles. The Balaban J connectivity index is 1.84. The molecule has 2 heterocycles. The predicted molar refractivity (Wildman–Crippen MR) is 114 cm³/mol. The lowest BCUT2D eigenvalue weighted by molar-refractivity contribution is -0.115. The van der Waals surface area contributed by atoms with E-state index in [2.05, 4.69) is 28.5 Å². The summed E-state index contributed by atoms with van der Waals surface area (Å²) < 4.78 is 5.13. The third kappa shape index (κ3) is 4.12. The molecule has 1 aromatic carbocycles. The highest BCUT2D eigenvalue weighted by molar-refractivity contribution is 7.18. The second kappa shape index (κ2) is 8.65. The number of amides is 2. The highest BCUT2D eigenvalue weighted by Gasteiger charge is 2.29. The van der Waals surface area contributed by atoms with Crippen molar-refractivity contribution in [2.24, 2.45) is 0 Å². The molecule has 0 fully saturated rings. The Bertz CT molecular complexity index is 953. The van der Waals surface area contributed by atoms with E-state index in [4.69, 9.17) is 4.74 Å². The number of thiophene rings is 1. The van der Waals surface area contributed by atoms with Gasteiger partial charge in [-0.1, -0.05) is 18.2 Å². The smallest absolute Gasteiger partial charge is 0.341 e. The van der Waals surface area contributed by atoms with Gasteiger partial charge in [0.1, 0.15) is 5.00 Å². The Morgan fingerprint density at radius 3 is 2.69 bits per heavy atom. The minimum absolute atomic E-state index is 0.159. The molecule has 7 nitrogen and oxygen atoms in total. The number of carbonyl (C=O) groups excluding carboxylic acids is 3. The van der Waals surface area contributed by atoms with Gasteiger partial charge in [-0.3, -0.25) is 9.59 Å². The topological polar surface area (TPSA) is 87.7 Å². The molecule has 1 aliphatic heterocycles. The number of benzene rings is 1. The number of esters is 1. The monoisotopic (exact) mass is 415 g/mol. The summed E-state index contributed by atoms with van der Waals surface area (Å²) in [5.74, 6) is -1.10. The number of rotatable bonds is 6. The van der Waals surface area contributed by atoms with Crippen LogP contribution in [0, 0.1) is 6.92 Å². The summed E-state index contributed by atoms with van der Waals surface area (Å²) in [6.07, 6.45) is 0.885. The van der Waals surface area contributed by atoms with Gasteiger partial charge in [-0.05, 0) is 44.4 Å². The maximum atomic E-state index is 12.8. The fraction of sp³-hybridized carbons (Fsp3) is 0.381. The van der Waals surface area contributed by atoms with Gasteiger partial charge in [0.05, 0.1) is 23.6 Å². The van der Waals surface area contributed by atoms with E-state index < -0.39 is 5.97 Å².